The fraction of sp³-hybridized carbons (Fsp3) is 0.312. The van der Waals surface area contributed by atoms with Gasteiger partial charge >= 0.3 is 0 Å². The lowest BCUT2D eigenvalue weighted by atomic mass is 9.97. The van der Waals surface area contributed by atoms with Crippen LogP contribution in [0.3, 0.4) is 0 Å². The van der Waals surface area contributed by atoms with E-state index >= 15 is 0 Å². The topological polar surface area (TPSA) is 90.4 Å². The number of methoxy groups -OCH3 is 1. The number of benzene rings is 1. The number of carbonyl (C=O) groups is 2. The van der Waals surface area contributed by atoms with Gasteiger partial charge in [-0.1, -0.05) is 6.07 Å². The number of nitrogens with zero attached hydrogens (tertiary/aromatic N) is 3. The minimum atomic E-state index is -0.595. The highest BCUT2D eigenvalue weighted by molar-refractivity contribution is 6.23. The lowest BCUT2D eigenvalue weighted by Crippen LogP contribution is -2.30. The molecule has 2 aromatic rings. The van der Waals surface area contributed by atoms with Crippen molar-refractivity contribution in [1.82, 2.24) is 9.78 Å². The minimum Gasteiger partial charge on any atom is -0.497 e. The van der Waals surface area contributed by atoms with Crippen molar-refractivity contribution >= 4 is 23.3 Å². The van der Waals surface area contributed by atoms with E-state index in [-0.39, 0.29) is 18.2 Å². The maximum Gasteiger partial charge on any atom is 0.242 e. The van der Waals surface area contributed by atoms with Crippen LogP contribution in [-0.4, -0.2) is 28.7 Å². The van der Waals surface area contributed by atoms with E-state index in [1.165, 1.54) is 16.7 Å². The van der Waals surface area contributed by atoms with Gasteiger partial charge in [0.1, 0.15) is 11.6 Å². The van der Waals surface area contributed by atoms with Crippen molar-refractivity contribution in [3.05, 3.63) is 35.5 Å². The molecule has 120 valence electrons. The largest absolute Gasteiger partial charge is 0.497 e. The molecule has 7 nitrogen and oxygen atoms in total. The molecule has 0 unspecified atom stereocenters. The first-order chi connectivity index (χ1) is 10.9. The van der Waals surface area contributed by atoms with Gasteiger partial charge in [0.25, 0.3) is 0 Å². The van der Waals surface area contributed by atoms with Crippen LogP contribution in [0.2, 0.25) is 0 Å². The Balaban J connectivity index is 2.00. The predicted octanol–water partition coefficient (Wildman–Crippen LogP) is 1.37. The summed E-state index contributed by atoms with van der Waals surface area (Å²) < 4.78 is 6.68. The minimum absolute atomic E-state index is 0.0901. The first-order valence-electron chi connectivity index (χ1n) is 7.24. The Labute approximate surface area is 133 Å². The third kappa shape index (κ3) is 2.34. The van der Waals surface area contributed by atoms with Crippen LogP contribution >= 0.6 is 0 Å². The van der Waals surface area contributed by atoms with Crippen LogP contribution in [0, 0.1) is 6.92 Å². The molecule has 1 aromatic carbocycles. The van der Waals surface area contributed by atoms with Gasteiger partial charge in [-0.15, -0.1) is 0 Å². The summed E-state index contributed by atoms with van der Waals surface area (Å²) in [5, 5.41) is 4.23. The molecule has 2 amide bonds. The van der Waals surface area contributed by atoms with Gasteiger partial charge < -0.3 is 10.5 Å². The SMILES string of the molecule is COc1cccc(N2C(=O)C[C@H](c3c(C)nn(C)c3N)C2=O)c1. The number of rotatable bonds is 3. The van der Waals surface area contributed by atoms with E-state index in [1.54, 1.807) is 38.2 Å². The van der Waals surface area contributed by atoms with Crippen molar-refractivity contribution in [1.29, 1.82) is 0 Å². The number of anilines is 2. The van der Waals surface area contributed by atoms with Crippen LogP contribution in [0.15, 0.2) is 24.3 Å². The van der Waals surface area contributed by atoms with Gasteiger partial charge in [-0.25, -0.2) is 4.90 Å². The molecule has 0 bridgehead atoms. The number of imide groups is 1. The molecule has 2 heterocycles. The zero-order valence-corrected chi connectivity index (χ0v) is 13.2. The van der Waals surface area contributed by atoms with Crippen molar-refractivity contribution in [2.24, 2.45) is 7.05 Å². The number of carbonyl (C=O) groups excluding carboxylic acids is 2. The first-order valence-corrected chi connectivity index (χ1v) is 7.24. The summed E-state index contributed by atoms with van der Waals surface area (Å²) in [6.45, 7) is 1.79. The lowest BCUT2D eigenvalue weighted by Gasteiger charge is -2.16. The Morgan fingerprint density at radius 2 is 2.09 bits per heavy atom. The van der Waals surface area contributed by atoms with Crippen LogP contribution < -0.4 is 15.4 Å². The molecular weight excluding hydrogens is 296 g/mol. The normalized spacial score (nSPS) is 17.9. The van der Waals surface area contributed by atoms with Gasteiger partial charge in [0.2, 0.25) is 11.8 Å². The molecule has 0 spiro atoms. The summed E-state index contributed by atoms with van der Waals surface area (Å²) in [5.74, 6) is -0.130. The molecule has 23 heavy (non-hydrogen) atoms. The lowest BCUT2D eigenvalue weighted by molar-refractivity contribution is -0.121. The van der Waals surface area contributed by atoms with Gasteiger partial charge in [-0.05, 0) is 19.1 Å². The van der Waals surface area contributed by atoms with E-state index in [0.29, 0.717) is 28.5 Å². The second-order valence-electron chi connectivity index (χ2n) is 5.53. The average Bonchev–Trinajstić information content (AvgIpc) is 2.95. The highest BCUT2D eigenvalue weighted by Crippen LogP contribution is 2.37. The van der Waals surface area contributed by atoms with E-state index in [1.807, 2.05) is 0 Å². The number of nitrogens with two attached hydrogens (primary N) is 1. The number of hydrogen-bond acceptors (Lipinski definition) is 5. The molecule has 1 fully saturated rings. The van der Waals surface area contributed by atoms with Crippen molar-refractivity contribution in [3.8, 4) is 5.75 Å². The highest BCUT2D eigenvalue weighted by atomic mass is 16.5. The van der Waals surface area contributed by atoms with Gasteiger partial charge in [-0.2, -0.15) is 5.10 Å². The number of nitrogen functional groups attached to an aromatic ring is 1. The van der Waals surface area contributed by atoms with E-state index in [4.69, 9.17) is 10.5 Å². The summed E-state index contributed by atoms with van der Waals surface area (Å²) >= 11 is 0. The van der Waals surface area contributed by atoms with E-state index in [2.05, 4.69) is 5.10 Å². The molecule has 1 saturated heterocycles. The molecule has 0 aliphatic carbocycles. The van der Waals surface area contributed by atoms with Crippen molar-refractivity contribution in [2.75, 3.05) is 17.7 Å². The van der Waals surface area contributed by atoms with Crippen molar-refractivity contribution < 1.29 is 14.3 Å². The quantitative estimate of drug-likeness (QED) is 0.864. The smallest absolute Gasteiger partial charge is 0.242 e. The summed E-state index contributed by atoms with van der Waals surface area (Å²) in [6.07, 6.45) is 0.0901. The standard InChI is InChI=1S/C16H18N4O3/c1-9-14(15(17)19(2)18-9)12-8-13(21)20(16(12)22)10-5-4-6-11(7-10)23-3/h4-7,12H,8,17H2,1-3H3/t12-/m1/s1. The molecule has 0 saturated carbocycles. The van der Waals surface area contributed by atoms with Crippen molar-refractivity contribution in [3.63, 3.8) is 0 Å². The zero-order valence-electron chi connectivity index (χ0n) is 13.2. The molecule has 1 atom stereocenters. The van der Waals surface area contributed by atoms with E-state index < -0.39 is 5.92 Å². The second kappa shape index (κ2) is 5.42. The second-order valence-corrected chi connectivity index (χ2v) is 5.53. The van der Waals surface area contributed by atoms with Crippen molar-refractivity contribution in [2.45, 2.75) is 19.3 Å². The summed E-state index contributed by atoms with van der Waals surface area (Å²) in [5.41, 5.74) is 7.83. The molecule has 1 aromatic heterocycles. The Morgan fingerprint density at radius 3 is 2.70 bits per heavy atom. The highest BCUT2D eigenvalue weighted by Gasteiger charge is 2.42. The summed E-state index contributed by atoms with van der Waals surface area (Å²) in [7, 11) is 3.25. The Bertz CT molecular complexity index is 797. The number of aromatic nitrogens is 2. The number of hydrogen-bond donors (Lipinski definition) is 1. The molecule has 1 aliphatic heterocycles. The Hall–Kier alpha value is -2.83. The summed E-state index contributed by atoms with van der Waals surface area (Å²) in [6, 6.07) is 6.87. The van der Waals surface area contributed by atoms with Gasteiger partial charge in [0, 0.05) is 25.1 Å². The third-order valence-electron chi connectivity index (χ3n) is 4.12. The fourth-order valence-corrected chi connectivity index (χ4v) is 3.00. The Morgan fingerprint density at radius 1 is 1.35 bits per heavy atom. The molecule has 1 aliphatic rings. The van der Waals surface area contributed by atoms with Crippen LogP contribution in [0.5, 0.6) is 5.75 Å². The average molecular weight is 314 g/mol. The van der Waals surface area contributed by atoms with E-state index in [0.717, 1.165) is 0 Å². The predicted molar refractivity (Wildman–Crippen MR) is 85.2 cm³/mol. The number of amides is 2. The van der Waals surface area contributed by atoms with Crippen LogP contribution in [-0.2, 0) is 16.6 Å². The zero-order chi connectivity index (χ0) is 16.7. The Kier molecular flexibility index (Phi) is 3.55. The molecule has 3 rings (SSSR count). The van der Waals surface area contributed by atoms with Gasteiger partial charge in [0.05, 0.1) is 24.4 Å². The fourth-order valence-electron chi connectivity index (χ4n) is 3.00. The maximum atomic E-state index is 12.8. The monoisotopic (exact) mass is 314 g/mol. The summed E-state index contributed by atoms with van der Waals surface area (Å²) in [4.78, 5) is 26.4. The van der Waals surface area contributed by atoms with Gasteiger partial charge in [-0.3, -0.25) is 14.3 Å². The van der Waals surface area contributed by atoms with Gasteiger partial charge in [0.15, 0.2) is 0 Å². The van der Waals surface area contributed by atoms with Crippen LogP contribution in [0.25, 0.3) is 0 Å². The number of ether oxygens (including phenoxy) is 1. The molecule has 2 N–H and O–H groups in total. The molecule has 7 heteroatoms. The molecule has 0 radical (unpaired) electrons. The molecular formula is C16H18N4O3. The van der Waals surface area contributed by atoms with E-state index in [9.17, 15) is 9.59 Å². The maximum absolute atomic E-state index is 12.8. The van der Waals surface area contributed by atoms with Crippen LogP contribution in [0.4, 0.5) is 11.5 Å². The third-order valence-corrected chi connectivity index (χ3v) is 4.12. The first kappa shape index (κ1) is 15.1. The van der Waals surface area contributed by atoms with Crippen LogP contribution in [0.1, 0.15) is 23.6 Å². The number of aryl methyl sites for hydroxylation is 2.